The SMILES string of the molecule is OCCCc1nc2ccccc2n1CC(O)COc1ccc(Cl)cc1Cl. The van der Waals surface area contributed by atoms with Crippen LogP contribution in [0.25, 0.3) is 11.0 Å². The van der Waals surface area contributed by atoms with Gasteiger partial charge >= 0.3 is 0 Å². The van der Waals surface area contributed by atoms with Crippen molar-refractivity contribution in [1.82, 2.24) is 9.55 Å². The van der Waals surface area contributed by atoms with Crippen LogP contribution in [0.1, 0.15) is 12.2 Å². The van der Waals surface area contributed by atoms with Crippen LogP contribution in [-0.2, 0) is 13.0 Å². The number of imidazole rings is 1. The fraction of sp³-hybridized carbons (Fsp3) is 0.316. The van der Waals surface area contributed by atoms with E-state index in [2.05, 4.69) is 4.98 Å². The second kappa shape index (κ2) is 8.73. The van der Waals surface area contributed by atoms with Gasteiger partial charge in [0, 0.05) is 18.1 Å². The van der Waals surface area contributed by atoms with Crippen molar-refractivity contribution in [2.45, 2.75) is 25.5 Å². The number of halogens is 2. The first-order valence-corrected chi connectivity index (χ1v) is 9.15. The fourth-order valence-electron chi connectivity index (χ4n) is 2.80. The summed E-state index contributed by atoms with van der Waals surface area (Å²) in [5.74, 6) is 1.31. The van der Waals surface area contributed by atoms with Crippen molar-refractivity contribution in [1.29, 1.82) is 0 Å². The first-order chi connectivity index (χ1) is 12.6. The molecule has 0 bridgehead atoms. The third-order valence-corrected chi connectivity index (χ3v) is 4.54. The Bertz CT molecular complexity index is 882. The first-order valence-electron chi connectivity index (χ1n) is 8.39. The van der Waals surface area contributed by atoms with Crippen LogP contribution in [0.5, 0.6) is 5.75 Å². The fourth-order valence-corrected chi connectivity index (χ4v) is 3.26. The second-order valence-corrected chi connectivity index (χ2v) is 6.84. The van der Waals surface area contributed by atoms with E-state index in [1.165, 1.54) is 0 Å². The third kappa shape index (κ3) is 4.48. The maximum Gasteiger partial charge on any atom is 0.138 e. The van der Waals surface area contributed by atoms with Gasteiger partial charge in [0.25, 0.3) is 0 Å². The number of para-hydroxylation sites is 2. The van der Waals surface area contributed by atoms with Gasteiger partial charge in [-0.15, -0.1) is 0 Å². The number of nitrogens with zero attached hydrogens (tertiary/aromatic N) is 2. The molecule has 1 atom stereocenters. The summed E-state index contributed by atoms with van der Waals surface area (Å²) in [6, 6.07) is 12.7. The minimum atomic E-state index is -0.743. The summed E-state index contributed by atoms with van der Waals surface area (Å²) in [5, 5.41) is 20.5. The lowest BCUT2D eigenvalue weighted by Gasteiger charge is -2.16. The number of hydrogen-bond acceptors (Lipinski definition) is 4. The lowest BCUT2D eigenvalue weighted by molar-refractivity contribution is 0.0927. The summed E-state index contributed by atoms with van der Waals surface area (Å²) >= 11 is 12.0. The van der Waals surface area contributed by atoms with Crippen LogP contribution in [0.3, 0.4) is 0 Å². The average molecular weight is 395 g/mol. The molecule has 26 heavy (non-hydrogen) atoms. The highest BCUT2D eigenvalue weighted by Crippen LogP contribution is 2.27. The molecule has 0 aliphatic rings. The molecule has 0 radical (unpaired) electrons. The van der Waals surface area contributed by atoms with Crippen LogP contribution in [0.4, 0.5) is 0 Å². The van der Waals surface area contributed by atoms with E-state index >= 15 is 0 Å². The van der Waals surface area contributed by atoms with Crippen molar-refractivity contribution in [2.75, 3.05) is 13.2 Å². The topological polar surface area (TPSA) is 67.5 Å². The molecule has 1 unspecified atom stereocenters. The standard InChI is InChI=1S/C19H20Cl2N2O3/c20-13-7-8-18(15(21)10-13)26-12-14(25)11-23-17-5-2-1-4-16(17)22-19(23)6-3-9-24/h1-2,4-5,7-8,10,14,24-25H,3,6,9,11-12H2. The van der Waals surface area contributed by atoms with Crippen molar-refractivity contribution < 1.29 is 14.9 Å². The summed E-state index contributed by atoms with van der Waals surface area (Å²) in [5.41, 5.74) is 1.82. The van der Waals surface area contributed by atoms with Crippen molar-refractivity contribution in [3.63, 3.8) is 0 Å². The normalized spacial score (nSPS) is 12.5. The molecular formula is C19H20Cl2N2O3. The maximum atomic E-state index is 10.4. The number of fused-ring (bicyclic) bond motifs is 1. The molecule has 0 saturated heterocycles. The lowest BCUT2D eigenvalue weighted by atomic mass is 10.2. The summed E-state index contributed by atoms with van der Waals surface area (Å²) in [4.78, 5) is 4.61. The number of aliphatic hydroxyl groups excluding tert-OH is 2. The number of aliphatic hydroxyl groups is 2. The number of aryl methyl sites for hydroxylation is 1. The third-order valence-electron chi connectivity index (χ3n) is 4.01. The van der Waals surface area contributed by atoms with E-state index < -0.39 is 6.10 Å². The van der Waals surface area contributed by atoms with E-state index in [1.807, 2.05) is 28.8 Å². The van der Waals surface area contributed by atoms with Crippen molar-refractivity contribution in [2.24, 2.45) is 0 Å². The predicted molar refractivity (Wildman–Crippen MR) is 103 cm³/mol. The zero-order valence-electron chi connectivity index (χ0n) is 14.1. The summed E-state index contributed by atoms with van der Waals surface area (Å²) in [6.07, 6.45) is 0.519. The van der Waals surface area contributed by atoms with Gasteiger partial charge in [-0.1, -0.05) is 35.3 Å². The molecule has 0 aliphatic carbocycles. The Morgan fingerprint density at radius 2 is 1.96 bits per heavy atom. The Balaban J connectivity index is 1.72. The minimum absolute atomic E-state index is 0.0906. The highest BCUT2D eigenvalue weighted by atomic mass is 35.5. The van der Waals surface area contributed by atoms with Crippen molar-refractivity contribution >= 4 is 34.2 Å². The van der Waals surface area contributed by atoms with E-state index in [4.69, 9.17) is 33.0 Å². The quantitative estimate of drug-likeness (QED) is 0.610. The number of benzene rings is 2. The monoisotopic (exact) mass is 394 g/mol. The molecule has 138 valence electrons. The molecule has 0 amide bonds. The molecule has 1 heterocycles. The Kier molecular flexibility index (Phi) is 6.38. The van der Waals surface area contributed by atoms with Gasteiger partial charge in [0.05, 0.1) is 22.6 Å². The van der Waals surface area contributed by atoms with E-state index in [-0.39, 0.29) is 13.2 Å². The van der Waals surface area contributed by atoms with Crippen LogP contribution in [0.15, 0.2) is 42.5 Å². The number of rotatable bonds is 8. The largest absolute Gasteiger partial charge is 0.489 e. The van der Waals surface area contributed by atoms with Crippen molar-refractivity contribution in [3.05, 3.63) is 58.3 Å². The van der Waals surface area contributed by atoms with E-state index in [9.17, 15) is 5.11 Å². The molecule has 0 spiro atoms. The number of ether oxygens (including phenoxy) is 1. The summed E-state index contributed by atoms with van der Waals surface area (Å²) in [7, 11) is 0. The van der Waals surface area contributed by atoms with E-state index in [0.29, 0.717) is 35.2 Å². The highest BCUT2D eigenvalue weighted by Gasteiger charge is 2.15. The molecule has 2 aromatic carbocycles. The van der Waals surface area contributed by atoms with Gasteiger partial charge in [0.2, 0.25) is 0 Å². The molecule has 7 heteroatoms. The molecule has 1 aromatic heterocycles. The number of hydrogen-bond donors (Lipinski definition) is 2. The van der Waals surface area contributed by atoms with Crippen LogP contribution in [0.2, 0.25) is 10.0 Å². The van der Waals surface area contributed by atoms with Gasteiger partial charge < -0.3 is 19.5 Å². The smallest absolute Gasteiger partial charge is 0.138 e. The van der Waals surface area contributed by atoms with Crippen LogP contribution in [0, 0.1) is 0 Å². The first kappa shape index (κ1) is 19.0. The summed E-state index contributed by atoms with van der Waals surface area (Å²) < 4.78 is 7.60. The van der Waals surface area contributed by atoms with Crippen LogP contribution in [-0.4, -0.2) is 39.1 Å². The Morgan fingerprint density at radius 1 is 1.15 bits per heavy atom. The van der Waals surface area contributed by atoms with Crippen LogP contribution >= 0.6 is 23.2 Å². The summed E-state index contributed by atoms with van der Waals surface area (Å²) in [6.45, 7) is 0.531. The Labute approximate surface area is 161 Å². The van der Waals surface area contributed by atoms with E-state index in [1.54, 1.807) is 18.2 Å². The highest BCUT2D eigenvalue weighted by molar-refractivity contribution is 6.35. The van der Waals surface area contributed by atoms with E-state index in [0.717, 1.165) is 16.9 Å². The Morgan fingerprint density at radius 3 is 2.73 bits per heavy atom. The molecule has 3 aromatic rings. The minimum Gasteiger partial charge on any atom is -0.489 e. The molecule has 0 saturated carbocycles. The molecule has 2 N–H and O–H groups in total. The van der Waals surface area contributed by atoms with Gasteiger partial charge in [0.15, 0.2) is 0 Å². The van der Waals surface area contributed by atoms with Gasteiger partial charge in [0.1, 0.15) is 24.3 Å². The zero-order chi connectivity index (χ0) is 18.5. The van der Waals surface area contributed by atoms with Gasteiger partial charge in [-0.25, -0.2) is 4.98 Å². The molecule has 0 aliphatic heterocycles. The lowest BCUT2D eigenvalue weighted by Crippen LogP contribution is -2.24. The van der Waals surface area contributed by atoms with Gasteiger partial charge in [-0.2, -0.15) is 0 Å². The predicted octanol–water partition coefficient (Wildman–Crippen LogP) is 3.71. The number of aromatic nitrogens is 2. The van der Waals surface area contributed by atoms with Crippen molar-refractivity contribution in [3.8, 4) is 5.75 Å². The van der Waals surface area contributed by atoms with Gasteiger partial charge in [-0.3, -0.25) is 0 Å². The zero-order valence-corrected chi connectivity index (χ0v) is 15.6. The van der Waals surface area contributed by atoms with Crippen LogP contribution < -0.4 is 4.74 Å². The second-order valence-electron chi connectivity index (χ2n) is 5.99. The maximum absolute atomic E-state index is 10.4. The Hall–Kier alpha value is -1.79. The average Bonchev–Trinajstić information content (AvgIpc) is 2.97. The molecule has 5 nitrogen and oxygen atoms in total. The van der Waals surface area contributed by atoms with Gasteiger partial charge in [-0.05, 0) is 36.8 Å². The molecule has 0 fully saturated rings. The molecular weight excluding hydrogens is 375 g/mol. The molecule has 3 rings (SSSR count).